The first-order chi connectivity index (χ1) is 9.38. The molecule has 0 aliphatic heterocycles. The monoisotopic (exact) mass is 268 g/mol. The first-order valence-corrected chi connectivity index (χ1v) is 7.44. The van der Waals surface area contributed by atoms with Crippen molar-refractivity contribution in [2.45, 2.75) is 13.3 Å². The number of benzene rings is 2. The van der Waals surface area contributed by atoms with E-state index in [1.54, 1.807) is 11.3 Å². The number of nitrogens with zero attached hydrogens (tertiary/aromatic N) is 1. The molecule has 0 fully saturated rings. The first-order valence-electron chi connectivity index (χ1n) is 6.56. The summed E-state index contributed by atoms with van der Waals surface area (Å²) in [6.45, 7) is 3.13. The lowest BCUT2D eigenvalue weighted by molar-refractivity contribution is 0.976. The third kappa shape index (κ3) is 2.47. The average Bonchev–Trinajstić information content (AvgIpc) is 2.93. The minimum atomic E-state index is 0.975. The van der Waals surface area contributed by atoms with E-state index >= 15 is 0 Å². The zero-order valence-corrected chi connectivity index (χ0v) is 11.7. The Labute approximate surface area is 117 Å². The number of aromatic nitrogens is 1. The topological polar surface area (TPSA) is 24.9 Å². The van der Waals surface area contributed by atoms with E-state index in [9.17, 15) is 0 Å². The molecule has 96 valence electrons. The summed E-state index contributed by atoms with van der Waals surface area (Å²) in [6.07, 6.45) is 1.11. The average molecular weight is 268 g/mol. The second-order valence-electron chi connectivity index (χ2n) is 4.49. The third-order valence-corrected chi connectivity index (χ3v) is 3.90. The molecule has 0 unspecified atom stereocenters. The van der Waals surface area contributed by atoms with Gasteiger partial charge in [-0.3, -0.25) is 0 Å². The van der Waals surface area contributed by atoms with Gasteiger partial charge in [-0.05, 0) is 17.2 Å². The summed E-state index contributed by atoms with van der Waals surface area (Å²) in [5.41, 5.74) is 2.26. The van der Waals surface area contributed by atoms with Gasteiger partial charge in [-0.15, -0.1) is 11.3 Å². The number of thiazole rings is 1. The molecule has 0 bridgehead atoms. The van der Waals surface area contributed by atoms with Crippen molar-refractivity contribution >= 4 is 27.2 Å². The van der Waals surface area contributed by atoms with Crippen LogP contribution < -0.4 is 5.32 Å². The summed E-state index contributed by atoms with van der Waals surface area (Å²) in [5, 5.41) is 8.99. The van der Waals surface area contributed by atoms with E-state index in [0.717, 1.165) is 23.8 Å². The van der Waals surface area contributed by atoms with Crippen molar-refractivity contribution in [3.63, 3.8) is 0 Å². The maximum absolute atomic E-state index is 4.68. The van der Waals surface area contributed by atoms with Gasteiger partial charge in [-0.1, -0.05) is 49.4 Å². The van der Waals surface area contributed by atoms with Gasteiger partial charge in [-0.2, -0.15) is 0 Å². The van der Waals surface area contributed by atoms with E-state index in [1.165, 1.54) is 16.3 Å². The normalized spacial score (nSPS) is 10.8. The van der Waals surface area contributed by atoms with Gasteiger partial charge >= 0.3 is 0 Å². The molecule has 19 heavy (non-hydrogen) atoms. The maximum atomic E-state index is 4.68. The van der Waals surface area contributed by atoms with Crippen LogP contribution >= 0.6 is 11.3 Å². The second kappa shape index (κ2) is 5.41. The fraction of sp³-hybridized carbons (Fsp3) is 0.188. The Morgan fingerprint density at radius 1 is 1.11 bits per heavy atom. The van der Waals surface area contributed by atoms with Crippen LogP contribution in [0.3, 0.4) is 0 Å². The molecular formula is C16H16N2S. The van der Waals surface area contributed by atoms with E-state index in [1.807, 2.05) is 0 Å². The quantitative estimate of drug-likeness (QED) is 0.736. The number of hydrogen-bond acceptors (Lipinski definition) is 3. The molecule has 3 heteroatoms. The van der Waals surface area contributed by atoms with Crippen molar-refractivity contribution in [1.29, 1.82) is 0 Å². The number of hydrogen-bond donors (Lipinski definition) is 1. The van der Waals surface area contributed by atoms with E-state index in [2.05, 4.69) is 65.1 Å². The highest BCUT2D eigenvalue weighted by molar-refractivity contribution is 7.14. The fourth-order valence-corrected chi connectivity index (χ4v) is 2.90. The summed E-state index contributed by atoms with van der Waals surface area (Å²) in [4.78, 5) is 4.68. The molecule has 0 atom stereocenters. The smallest absolute Gasteiger partial charge is 0.183 e. The van der Waals surface area contributed by atoms with Crippen LogP contribution in [0.2, 0.25) is 0 Å². The fourth-order valence-electron chi connectivity index (χ4n) is 2.16. The van der Waals surface area contributed by atoms with Gasteiger partial charge in [0.2, 0.25) is 0 Å². The van der Waals surface area contributed by atoms with Crippen LogP contribution in [0, 0.1) is 0 Å². The van der Waals surface area contributed by atoms with Gasteiger partial charge in [0.25, 0.3) is 0 Å². The van der Waals surface area contributed by atoms with Gasteiger partial charge in [0, 0.05) is 17.5 Å². The lowest BCUT2D eigenvalue weighted by Crippen LogP contribution is -1.98. The summed E-state index contributed by atoms with van der Waals surface area (Å²) in [6, 6.07) is 14.8. The summed E-state index contributed by atoms with van der Waals surface area (Å²) in [5.74, 6) is 0. The third-order valence-electron chi connectivity index (χ3n) is 3.10. The number of rotatable bonds is 4. The zero-order chi connectivity index (χ0) is 13.1. The Balaban J connectivity index is 2.02. The Morgan fingerprint density at radius 3 is 2.84 bits per heavy atom. The predicted molar refractivity (Wildman–Crippen MR) is 83.8 cm³/mol. The molecule has 1 heterocycles. The highest BCUT2D eigenvalue weighted by atomic mass is 32.1. The second-order valence-corrected chi connectivity index (χ2v) is 5.35. The summed E-state index contributed by atoms with van der Waals surface area (Å²) >= 11 is 1.67. The molecule has 3 rings (SSSR count). The van der Waals surface area contributed by atoms with Crippen LogP contribution in [0.25, 0.3) is 22.0 Å². The van der Waals surface area contributed by atoms with Crippen molar-refractivity contribution in [1.82, 2.24) is 4.98 Å². The van der Waals surface area contributed by atoms with Crippen LogP contribution in [0.1, 0.15) is 13.3 Å². The first kappa shape index (κ1) is 12.2. The molecular weight excluding hydrogens is 252 g/mol. The molecule has 0 saturated carbocycles. The van der Waals surface area contributed by atoms with Crippen LogP contribution in [0.4, 0.5) is 5.13 Å². The van der Waals surface area contributed by atoms with Crippen LogP contribution in [0.5, 0.6) is 0 Å². The van der Waals surface area contributed by atoms with Gasteiger partial charge in [0.1, 0.15) is 0 Å². The van der Waals surface area contributed by atoms with E-state index in [-0.39, 0.29) is 0 Å². The molecule has 0 saturated heterocycles. The SMILES string of the molecule is CCCNc1nc(-c2cccc3ccccc23)cs1. The lowest BCUT2D eigenvalue weighted by Gasteiger charge is -2.03. The van der Waals surface area contributed by atoms with Crippen molar-refractivity contribution in [3.05, 3.63) is 47.8 Å². The molecule has 3 aromatic rings. The summed E-state index contributed by atoms with van der Waals surface area (Å²) < 4.78 is 0. The molecule has 1 N–H and O–H groups in total. The number of anilines is 1. The minimum Gasteiger partial charge on any atom is -0.362 e. The molecule has 1 aromatic heterocycles. The van der Waals surface area contributed by atoms with E-state index < -0.39 is 0 Å². The minimum absolute atomic E-state index is 0.975. The summed E-state index contributed by atoms with van der Waals surface area (Å²) in [7, 11) is 0. The van der Waals surface area contributed by atoms with Gasteiger partial charge in [0.05, 0.1) is 5.69 Å². The molecule has 0 aliphatic rings. The van der Waals surface area contributed by atoms with Gasteiger partial charge < -0.3 is 5.32 Å². The van der Waals surface area contributed by atoms with Gasteiger partial charge in [-0.25, -0.2) is 4.98 Å². The van der Waals surface area contributed by atoms with Crippen LogP contribution in [-0.2, 0) is 0 Å². The highest BCUT2D eigenvalue weighted by Gasteiger charge is 2.07. The highest BCUT2D eigenvalue weighted by Crippen LogP contribution is 2.30. The van der Waals surface area contributed by atoms with E-state index in [0.29, 0.717) is 0 Å². The zero-order valence-electron chi connectivity index (χ0n) is 10.9. The van der Waals surface area contributed by atoms with Gasteiger partial charge in [0.15, 0.2) is 5.13 Å². The Morgan fingerprint density at radius 2 is 1.95 bits per heavy atom. The lowest BCUT2D eigenvalue weighted by atomic mass is 10.0. The van der Waals surface area contributed by atoms with Crippen molar-refractivity contribution in [2.75, 3.05) is 11.9 Å². The largest absolute Gasteiger partial charge is 0.362 e. The van der Waals surface area contributed by atoms with Crippen LogP contribution in [0.15, 0.2) is 47.8 Å². The Hall–Kier alpha value is -1.87. The molecule has 0 aliphatic carbocycles. The van der Waals surface area contributed by atoms with Crippen molar-refractivity contribution in [2.24, 2.45) is 0 Å². The molecule has 0 spiro atoms. The number of fused-ring (bicyclic) bond motifs is 1. The Kier molecular flexibility index (Phi) is 3.47. The standard InChI is InChI=1S/C16H16N2S/c1-2-10-17-16-18-15(11-19-16)14-9-5-7-12-6-3-4-8-13(12)14/h3-9,11H,2,10H2,1H3,(H,17,18). The van der Waals surface area contributed by atoms with Crippen molar-refractivity contribution in [3.8, 4) is 11.3 Å². The molecule has 2 nitrogen and oxygen atoms in total. The van der Waals surface area contributed by atoms with Crippen LogP contribution in [-0.4, -0.2) is 11.5 Å². The van der Waals surface area contributed by atoms with E-state index in [4.69, 9.17) is 0 Å². The molecule has 2 aromatic carbocycles. The molecule has 0 amide bonds. The number of nitrogens with one attached hydrogen (secondary N) is 1. The molecule has 0 radical (unpaired) electrons. The Bertz CT molecular complexity index is 683. The van der Waals surface area contributed by atoms with Crippen molar-refractivity contribution < 1.29 is 0 Å². The predicted octanol–water partition coefficient (Wildman–Crippen LogP) is 4.79. The maximum Gasteiger partial charge on any atom is 0.183 e.